The third-order valence-electron chi connectivity index (χ3n) is 5.46. The number of amides is 1. The molecule has 5 atom stereocenters. The molecule has 2 aliphatic rings. The quantitative estimate of drug-likeness (QED) is 0.878. The Hall–Kier alpha value is -1.20. The van der Waals surface area contributed by atoms with E-state index < -0.39 is 10.8 Å². The van der Waals surface area contributed by atoms with Crippen LogP contribution in [0.2, 0.25) is 0 Å². The first-order valence-corrected chi connectivity index (χ1v) is 10.1. The lowest BCUT2D eigenvalue weighted by molar-refractivity contribution is -0.121. The predicted octanol–water partition coefficient (Wildman–Crippen LogP) is 3.05. The zero-order valence-corrected chi connectivity index (χ0v) is 15.6. The van der Waals surface area contributed by atoms with Crippen LogP contribution in [0, 0.1) is 17.8 Å². The number of nitrogens with one attached hydrogen (secondary N) is 1. The maximum Gasteiger partial charge on any atom is 0.229 e. The highest BCUT2D eigenvalue weighted by Gasteiger charge is 2.49. The van der Waals surface area contributed by atoms with E-state index in [1.54, 1.807) is 0 Å². The van der Waals surface area contributed by atoms with Crippen LogP contribution < -0.4 is 11.1 Å². The molecule has 0 aliphatic heterocycles. The van der Waals surface area contributed by atoms with E-state index in [2.05, 4.69) is 5.32 Å². The minimum Gasteiger partial charge on any atom is -0.327 e. The van der Waals surface area contributed by atoms with E-state index in [9.17, 15) is 9.00 Å². The summed E-state index contributed by atoms with van der Waals surface area (Å²) in [4.78, 5) is 12.7. The molecular weight excluding hydrogens is 320 g/mol. The number of anilines is 1. The average molecular weight is 349 g/mol. The van der Waals surface area contributed by atoms with Crippen molar-refractivity contribution in [2.45, 2.75) is 56.6 Å². The van der Waals surface area contributed by atoms with E-state index >= 15 is 0 Å². The van der Waals surface area contributed by atoms with Crippen molar-refractivity contribution in [2.24, 2.45) is 23.5 Å². The molecule has 0 spiro atoms. The van der Waals surface area contributed by atoms with Crippen molar-refractivity contribution >= 4 is 22.4 Å². The van der Waals surface area contributed by atoms with Crippen molar-refractivity contribution in [1.82, 2.24) is 0 Å². The monoisotopic (exact) mass is 348 g/mol. The molecule has 1 aromatic rings. The van der Waals surface area contributed by atoms with Crippen LogP contribution in [0.1, 0.15) is 45.6 Å². The van der Waals surface area contributed by atoms with Gasteiger partial charge in [0.2, 0.25) is 5.91 Å². The fourth-order valence-electron chi connectivity index (χ4n) is 4.06. The second-order valence-corrected chi connectivity index (χ2v) is 10.4. The number of hydrogen-bond acceptors (Lipinski definition) is 3. The lowest BCUT2D eigenvalue weighted by atomic mass is 9.84. The Morgan fingerprint density at radius 2 is 2.00 bits per heavy atom. The van der Waals surface area contributed by atoms with Crippen LogP contribution in [0.4, 0.5) is 5.69 Å². The molecule has 3 N–H and O–H groups in total. The highest BCUT2D eigenvalue weighted by Crippen LogP contribution is 2.47. The number of hydrogen-bond donors (Lipinski definition) is 2. The minimum atomic E-state index is -0.951. The van der Waals surface area contributed by atoms with Crippen LogP contribution in [-0.4, -0.2) is 20.9 Å². The maximum atomic E-state index is 12.7. The topological polar surface area (TPSA) is 72.2 Å². The molecule has 0 aromatic heterocycles. The lowest BCUT2D eigenvalue weighted by Crippen LogP contribution is -2.42. The Balaban J connectivity index is 1.66. The second-order valence-electron chi connectivity index (χ2n) is 8.23. The van der Waals surface area contributed by atoms with E-state index in [0.717, 1.165) is 24.1 Å². The fourth-order valence-corrected chi connectivity index (χ4v) is 4.97. The minimum absolute atomic E-state index is 0.000303. The molecule has 2 saturated carbocycles. The van der Waals surface area contributed by atoms with Gasteiger partial charge in [0.05, 0.1) is 5.92 Å². The van der Waals surface area contributed by atoms with Gasteiger partial charge in [0, 0.05) is 33.0 Å². The normalized spacial score (nSPS) is 30.3. The Labute approximate surface area is 147 Å². The molecular formula is C19H28N2O2S. The van der Waals surface area contributed by atoms with E-state index in [0.29, 0.717) is 17.6 Å². The van der Waals surface area contributed by atoms with E-state index in [4.69, 9.17) is 5.73 Å². The number of carbonyl (C=O) groups excluding carboxylic acids is 1. The fraction of sp³-hybridized carbons (Fsp3) is 0.632. The van der Waals surface area contributed by atoms with Gasteiger partial charge < -0.3 is 11.1 Å². The molecule has 1 amide bonds. The molecule has 132 valence electrons. The molecule has 0 heterocycles. The smallest absolute Gasteiger partial charge is 0.229 e. The van der Waals surface area contributed by atoms with Gasteiger partial charge in [-0.3, -0.25) is 9.00 Å². The molecule has 2 fully saturated rings. The Kier molecular flexibility index (Phi) is 4.85. The van der Waals surface area contributed by atoms with Gasteiger partial charge >= 0.3 is 0 Å². The van der Waals surface area contributed by atoms with E-state index in [1.807, 2.05) is 45.0 Å². The highest BCUT2D eigenvalue weighted by atomic mass is 32.2. The average Bonchev–Trinajstić information content (AvgIpc) is 3.07. The standard InChI is InChI=1S/C19H28N2O2S/c1-19(2,3)24(23)11-12-5-4-6-15(9-12)21-18(22)16-13-7-8-14(10-13)17(16)20/h4-6,9,13-14,16-17H,7-8,10-11,20H2,1-3H3,(H,21,22). The van der Waals surface area contributed by atoms with Crippen molar-refractivity contribution in [3.05, 3.63) is 29.8 Å². The van der Waals surface area contributed by atoms with Crippen LogP contribution >= 0.6 is 0 Å². The van der Waals surface area contributed by atoms with Gasteiger partial charge in [-0.25, -0.2) is 0 Å². The van der Waals surface area contributed by atoms with Crippen molar-refractivity contribution in [2.75, 3.05) is 5.32 Å². The van der Waals surface area contributed by atoms with Crippen LogP contribution in [0.3, 0.4) is 0 Å². The van der Waals surface area contributed by atoms with Crippen molar-refractivity contribution in [1.29, 1.82) is 0 Å². The van der Waals surface area contributed by atoms with Gasteiger partial charge in [-0.15, -0.1) is 0 Å². The molecule has 2 bridgehead atoms. The van der Waals surface area contributed by atoms with E-state index in [1.165, 1.54) is 6.42 Å². The molecule has 3 rings (SSSR count). The molecule has 24 heavy (non-hydrogen) atoms. The Morgan fingerprint density at radius 3 is 2.62 bits per heavy atom. The number of fused-ring (bicyclic) bond motifs is 2. The summed E-state index contributed by atoms with van der Waals surface area (Å²) >= 11 is 0. The molecule has 0 saturated heterocycles. The summed E-state index contributed by atoms with van der Waals surface area (Å²) in [7, 11) is -0.951. The SMILES string of the molecule is CC(C)(C)S(=O)Cc1cccc(NC(=O)C2C3CCC(C3)C2N)c1. The molecule has 0 radical (unpaired) electrons. The van der Waals surface area contributed by atoms with Crippen molar-refractivity contribution < 1.29 is 9.00 Å². The van der Waals surface area contributed by atoms with Crippen LogP contribution in [0.5, 0.6) is 0 Å². The van der Waals surface area contributed by atoms with Gasteiger partial charge in [-0.2, -0.15) is 0 Å². The zero-order chi connectivity index (χ0) is 17.5. The third kappa shape index (κ3) is 3.57. The predicted molar refractivity (Wildman–Crippen MR) is 99.0 cm³/mol. The lowest BCUT2D eigenvalue weighted by Gasteiger charge is -2.27. The van der Waals surface area contributed by atoms with Gasteiger partial charge in [-0.05, 0) is 69.6 Å². The summed E-state index contributed by atoms with van der Waals surface area (Å²) in [6.07, 6.45) is 3.40. The van der Waals surface area contributed by atoms with Crippen molar-refractivity contribution in [3.63, 3.8) is 0 Å². The summed E-state index contributed by atoms with van der Waals surface area (Å²) in [6.45, 7) is 5.93. The molecule has 4 nitrogen and oxygen atoms in total. The third-order valence-corrected chi connectivity index (χ3v) is 7.42. The van der Waals surface area contributed by atoms with Gasteiger partial charge in [0.15, 0.2) is 0 Å². The molecule has 1 aromatic carbocycles. The van der Waals surface area contributed by atoms with Crippen molar-refractivity contribution in [3.8, 4) is 0 Å². The van der Waals surface area contributed by atoms with Gasteiger partial charge in [0.25, 0.3) is 0 Å². The second kappa shape index (κ2) is 6.60. The molecule has 2 aliphatic carbocycles. The van der Waals surface area contributed by atoms with Crippen LogP contribution in [0.25, 0.3) is 0 Å². The maximum absolute atomic E-state index is 12.7. The summed E-state index contributed by atoms with van der Waals surface area (Å²) < 4.78 is 12.1. The van der Waals surface area contributed by atoms with Gasteiger partial charge in [0.1, 0.15) is 0 Å². The number of nitrogens with two attached hydrogens (primary N) is 1. The molecule has 5 heteroatoms. The highest BCUT2D eigenvalue weighted by molar-refractivity contribution is 7.85. The van der Waals surface area contributed by atoms with Crippen LogP contribution in [0.15, 0.2) is 24.3 Å². The molecule has 5 unspecified atom stereocenters. The van der Waals surface area contributed by atoms with E-state index in [-0.39, 0.29) is 22.6 Å². The zero-order valence-electron chi connectivity index (χ0n) is 14.7. The summed E-state index contributed by atoms with van der Waals surface area (Å²) in [6, 6.07) is 7.69. The first-order valence-electron chi connectivity index (χ1n) is 8.79. The summed E-state index contributed by atoms with van der Waals surface area (Å²) in [5.41, 5.74) is 8.02. The Morgan fingerprint density at radius 1 is 1.29 bits per heavy atom. The Bertz CT molecular complexity index is 651. The largest absolute Gasteiger partial charge is 0.327 e. The number of rotatable bonds is 4. The van der Waals surface area contributed by atoms with Gasteiger partial charge in [-0.1, -0.05) is 12.1 Å². The first kappa shape index (κ1) is 17.6. The number of carbonyl (C=O) groups is 1. The first-order chi connectivity index (χ1) is 11.3. The summed E-state index contributed by atoms with van der Waals surface area (Å²) in [5, 5.41) is 3.03. The van der Waals surface area contributed by atoms with Crippen LogP contribution in [-0.2, 0) is 21.3 Å². The summed E-state index contributed by atoms with van der Waals surface area (Å²) in [5.74, 6) is 1.45. The number of benzene rings is 1.